The Hall–Kier alpha value is -0.630. The molecule has 30 heavy (non-hydrogen) atoms. The number of H-pyrrole nitrogens is 1. The van der Waals surface area contributed by atoms with Gasteiger partial charge in [0, 0.05) is 12.3 Å². The number of aliphatic hydroxyl groups excluding tert-OH is 2. The molecular formula is C9H15FN2O14P4. The summed E-state index contributed by atoms with van der Waals surface area (Å²) < 4.78 is 65.5. The van der Waals surface area contributed by atoms with E-state index in [-0.39, 0.29) is 0 Å². The van der Waals surface area contributed by atoms with Crippen LogP contribution < -0.4 is 11.2 Å². The first kappa shape index (κ1) is 25.6. The fraction of sp³-hybridized carbons (Fsp3) is 0.556. The van der Waals surface area contributed by atoms with Crippen molar-refractivity contribution >= 4 is 31.9 Å². The van der Waals surface area contributed by atoms with Gasteiger partial charge >= 0.3 is 28.6 Å². The first-order chi connectivity index (χ1) is 13.4. The topological polar surface area (TPSA) is 244 Å². The van der Waals surface area contributed by atoms with Crippen LogP contribution in [0.3, 0.4) is 0 Å². The fourth-order valence-electron chi connectivity index (χ4n) is 2.21. The van der Waals surface area contributed by atoms with Gasteiger partial charge < -0.3 is 29.6 Å². The summed E-state index contributed by atoms with van der Waals surface area (Å²) in [5, 5.41) is 19.8. The lowest BCUT2D eigenvalue weighted by molar-refractivity contribution is -0.204. The Balaban J connectivity index is 2.15. The molecule has 0 amide bonds. The summed E-state index contributed by atoms with van der Waals surface area (Å²) in [6.45, 7) is -1.69. The van der Waals surface area contributed by atoms with E-state index in [2.05, 4.69) is 13.1 Å². The first-order valence-electron chi connectivity index (χ1n) is 7.33. The molecule has 1 aromatic rings. The Morgan fingerprint density at radius 2 is 1.80 bits per heavy atom. The number of ether oxygens (including phenoxy) is 1. The summed E-state index contributed by atoms with van der Waals surface area (Å²) in [5.41, 5.74) is -1.98. The van der Waals surface area contributed by atoms with Gasteiger partial charge in [-0.1, -0.05) is 0 Å². The SMILES string of the molecule is O=c1ccn([C@@H]2O[C@](F)(COP(=O)(O)OP(=O)(O)OP(=O)(O)P)[C@@H](O)[C@H]2O)c(=O)[nH]1. The van der Waals surface area contributed by atoms with E-state index in [0.29, 0.717) is 4.57 Å². The molecule has 1 aromatic heterocycles. The summed E-state index contributed by atoms with van der Waals surface area (Å²) in [7, 11) is -14.9. The Morgan fingerprint density at radius 1 is 1.20 bits per heavy atom. The normalized spacial score (nSPS) is 32.8. The van der Waals surface area contributed by atoms with Gasteiger partial charge in [-0.05, 0) is 8.93 Å². The molecule has 8 atom stereocenters. The lowest BCUT2D eigenvalue weighted by Gasteiger charge is -2.24. The molecule has 0 radical (unpaired) electrons. The van der Waals surface area contributed by atoms with Crippen LogP contribution >= 0.6 is 31.9 Å². The maximum Gasteiger partial charge on any atom is 0.488 e. The van der Waals surface area contributed by atoms with Crippen molar-refractivity contribution in [3.63, 3.8) is 0 Å². The van der Waals surface area contributed by atoms with Gasteiger partial charge in [0.25, 0.3) is 11.4 Å². The van der Waals surface area contributed by atoms with Crippen molar-refractivity contribution in [3.8, 4) is 0 Å². The molecule has 0 spiro atoms. The zero-order valence-electron chi connectivity index (χ0n) is 14.2. The molecular weight excluding hydrogens is 503 g/mol. The molecule has 0 aliphatic carbocycles. The number of alkyl halides is 1. The van der Waals surface area contributed by atoms with Crippen LogP contribution in [0.1, 0.15) is 6.23 Å². The molecule has 2 rings (SSSR count). The molecule has 16 nitrogen and oxygen atoms in total. The lowest BCUT2D eigenvalue weighted by atomic mass is 10.1. The Bertz CT molecular complexity index is 1050. The van der Waals surface area contributed by atoms with Crippen molar-refractivity contribution in [1.82, 2.24) is 9.55 Å². The first-order valence-corrected chi connectivity index (χ1v) is 13.5. The maximum absolute atomic E-state index is 14.9. The number of aromatic amines is 1. The van der Waals surface area contributed by atoms with Crippen LogP contribution in [0.4, 0.5) is 4.39 Å². The number of nitrogens with one attached hydrogen (secondary N) is 1. The van der Waals surface area contributed by atoms with Crippen molar-refractivity contribution in [2.24, 2.45) is 0 Å². The molecule has 21 heteroatoms. The van der Waals surface area contributed by atoms with E-state index < -0.39 is 65.1 Å². The zero-order chi connectivity index (χ0) is 23.1. The van der Waals surface area contributed by atoms with Gasteiger partial charge in [-0.25, -0.2) is 22.6 Å². The predicted octanol–water partition coefficient (Wildman–Crippen LogP) is -1.32. The minimum absolute atomic E-state index is 0.499. The molecule has 4 unspecified atom stereocenters. The zero-order valence-corrected chi connectivity index (χ0v) is 18.1. The number of hydrogen-bond acceptors (Lipinski definition) is 11. The molecule has 0 bridgehead atoms. The van der Waals surface area contributed by atoms with Gasteiger partial charge in [0.05, 0.1) is 0 Å². The molecule has 6 N–H and O–H groups in total. The largest absolute Gasteiger partial charge is 0.488 e. The fourth-order valence-corrected chi connectivity index (χ4v) is 6.42. The quantitative estimate of drug-likeness (QED) is 0.219. The van der Waals surface area contributed by atoms with Crippen LogP contribution in [0, 0.1) is 0 Å². The smallest absolute Gasteiger partial charge is 0.385 e. The van der Waals surface area contributed by atoms with Crippen molar-refractivity contribution in [2.75, 3.05) is 6.61 Å². The summed E-state index contributed by atoms with van der Waals surface area (Å²) in [4.78, 5) is 51.9. The van der Waals surface area contributed by atoms with Crippen molar-refractivity contribution in [3.05, 3.63) is 33.1 Å². The van der Waals surface area contributed by atoms with Crippen LogP contribution in [0.15, 0.2) is 21.9 Å². The highest BCUT2D eigenvalue weighted by Gasteiger charge is 2.57. The van der Waals surface area contributed by atoms with E-state index in [1.807, 2.05) is 0 Å². The molecule has 1 fully saturated rings. The standard InChI is InChI=1S/C9H15FN2O14P4/c10-9(3-23-28(17,18)25-29(19,20)26-30(21,22)27)6(15)5(14)7(24-9)12-2-1-4(13)11-8(12)16/h1-2,5-7,14-15H,3,27H2,(H,17,18)(H,19,20)(H,21,22)(H,11,13,16)/t5-,6+,7-,9-/m1/s1. The van der Waals surface area contributed by atoms with E-state index in [1.54, 1.807) is 4.98 Å². The van der Waals surface area contributed by atoms with Gasteiger partial charge in [0.1, 0.15) is 18.8 Å². The molecule has 0 aromatic carbocycles. The van der Waals surface area contributed by atoms with E-state index in [0.717, 1.165) is 21.2 Å². The van der Waals surface area contributed by atoms with E-state index in [4.69, 9.17) is 14.5 Å². The highest BCUT2D eigenvalue weighted by atomic mass is 32.1. The molecule has 0 saturated carbocycles. The summed E-state index contributed by atoms with van der Waals surface area (Å²) >= 11 is 0. The minimum atomic E-state index is -5.66. The third kappa shape index (κ3) is 6.44. The summed E-state index contributed by atoms with van der Waals surface area (Å²) in [6.07, 6.45) is -5.71. The van der Waals surface area contributed by atoms with E-state index in [1.165, 1.54) is 0 Å². The van der Waals surface area contributed by atoms with Crippen LogP contribution in [-0.4, -0.2) is 59.1 Å². The second-order valence-corrected chi connectivity index (χ2v) is 12.2. The Morgan fingerprint density at radius 3 is 2.33 bits per heavy atom. The monoisotopic (exact) mass is 518 g/mol. The molecule has 1 saturated heterocycles. The second-order valence-electron chi connectivity index (χ2n) is 5.69. The second kappa shape index (κ2) is 8.72. The average Bonchev–Trinajstić information content (AvgIpc) is 2.75. The molecule has 2 heterocycles. The van der Waals surface area contributed by atoms with Gasteiger partial charge in [0.2, 0.25) is 0 Å². The Kier molecular flexibility index (Phi) is 7.45. The van der Waals surface area contributed by atoms with Crippen LogP contribution in [0.2, 0.25) is 0 Å². The van der Waals surface area contributed by atoms with Crippen LogP contribution in [0.25, 0.3) is 0 Å². The van der Waals surface area contributed by atoms with Gasteiger partial charge in [-0.2, -0.15) is 4.31 Å². The summed E-state index contributed by atoms with van der Waals surface area (Å²) in [5.74, 6) is -3.45. The number of rotatable bonds is 8. The van der Waals surface area contributed by atoms with E-state index in [9.17, 15) is 42.8 Å². The van der Waals surface area contributed by atoms with E-state index >= 15 is 0 Å². The number of hydrogen-bond donors (Lipinski definition) is 6. The maximum atomic E-state index is 14.9. The molecule has 1 aliphatic heterocycles. The van der Waals surface area contributed by atoms with Crippen molar-refractivity contribution in [1.29, 1.82) is 0 Å². The highest BCUT2D eigenvalue weighted by Crippen LogP contribution is 2.70. The third-order valence-electron chi connectivity index (χ3n) is 3.35. The van der Waals surface area contributed by atoms with Crippen LogP contribution in [0.5, 0.6) is 0 Å². The van der Waals surface area contributed by atoms with Gasteiger partial charge in [-0.15, -0.1) is 0 Å². The highest BCUT2D eigenvalue weighted by molar-refractivity contribution is 8.13. The number of nitrogens with zero attached hydrogens (tertiary/aromatic N) is 1. The number of phosphoric ester groups is 1. The Labute approximate surface area is 167 Å². The van der Waals surface area contributed by atoms with Crippen molar-refractivity contribution in [2.45, 2.75) is 24.3 Å². The average molecular weight is 518 g/mol. The number of aliphatic hydroxyl groups is 2. The number of halogens is 1. The predicted molar refractivity (Wildman–Crippen MR) is 94.6 cm³/mol. The number of aromatic nitrogens is 2. The van der Waals surface area contributed by atoms with Gasteiger partial charge in [-0.3, -0.25) is 23.4 Å². The molecule has 172 valence electrons. The molecule has 1 aliphatic rings. The lowest BCUT2D eigenvalue weighted by Crippen LogP contribution is -2.43. The minimum Gasteiger partial charge on any atom is -0.385 e. The summed E-state index contributed by atoms with van der Waals surface area (Å²) in [6, 6.07) is 0.818. The number of phosphoric acid groups is 2. The van der Waals surface area contributed by atoms with Gasteiger partial charge in [0.15, 0.2) is 6.23 Å². The third-order valence-corrected chi connectivity index (χ3v) is 8.07. The van der Waals surface area contributed by atoms with Crippen LogP contribution in [-0.2, 0) is 31.6 Å². The van der Waals surface area contributed by atoms with Crippen molar-refractivity contribution < 1.29 is 60.9 Å².